The molecule has 1 N–H and O–H groups in total. The van der Waals surface area contributed by atoms with Crippen molar-refractivity contribution < 1.29 is 14.1 Å². The molecule has 1 heterocycles. The molecule has 0 fully saturated rings. The van der Waals surface area contributed by atoms with Gasteiger partial charge in [0.15, 0.2) is 6.61 Å². The first-order valence-corrected chi connectivity index (χ1v) is 8.86. The molecule has 3 aromatic rings. The molecule has 0 saturated heterocycles. The quantitative estimate of drug-likeness (QED) is 0.661. The molecule has 0 unspecified atom stereocenters. The number of benzene rings is 2. The van der Waals surface area contributed by atoms with Gasteiger partial charge < -0.3 is 14.6 Å². The van der Waals surface area contributed by atoms with E-state index < -0.39 is 0 Å². The van der Waals surface area contributed by atoms with Gasteiger partial charge >= 0.3 is 0 Å². The average Bonchev–Trinajstić information content (AvgIpc) is 3.10. The van der Waals surface area contributed by atoms with E-state index in [1.165, 1.54) is 5.56 Å². The molecule has 0 radical (unpaired) electrons. The van der Waals surface area contributed by atoms with Crippen LogP contribution in [0.15, 0.2) is 51.5 Å². The summed E-state index contributed by atoms with van der Waals surface area (Å²) >= 11 is 3.40. The maximum atomic E-state index is 11.9. The number of ether oxygens (including phenoxy) is 1. The molecule has 0 atom stereocenters. The second-order valence-electron chi connectivity index (χ2n) is 5.83. The van der Waals surface area contributed by atoms with Crippen LogP contribution in [0.2, 0.25) is 0 Å². The van der Waals surface area contributed by atoms with Gasteiger partial charge in [-0.3, -0.25) is 4.79 Å². The van der Waals surface area contributed by atoms with Crippen LogP contribution in [0.5, 0.6) is 5.75 Å². The number of amides is 1. The summed E-state index contributed by atoms with van der Waals surface area (Å²) in [5.74, 6) is 1.21. The van der Waals surface area contributed by atoms with Crippen molar-refractivity contribution in [1.82, 2.24) is 15.5 Å². The first kappa shape index (κ1) is 18.1. The molecule has 26 heavy (non-hydrogen) atoms. The molecular formula is C19H18BrN3O3. The number of rotatable bonds is 6. The zero-order valence-corrected chi connectivity index (χ0v) is 16.0. The van der Waals surface area contributed by atoms with Crippen LogP contribution in [0.1, 0.15) is 17.0 Å². The summed E-state index contributed by atoms with van der Waals surface area (Å²) < 4.78 is 11.6. The van der Waals surface area contributed by atoms with Crippen LogP contribution in [0.4, 0.5) is 0 Å². The van der Waals surface area contributed by atoms with Crippen molar-refractivity contribution in [1.29, 1.82) is 0 Å². The molecule has 0 aliphatic carbocycles. The Balaban J connectivity index is 1.51. The fourth-order valence-electron chi connectivity index (χ4n) is 2.25. The topological polar surface area (TPSA) is 77.2 Å². The number of carbonyl (C=O) groups excluding carboxylic acids is 1. The van der Waals surface area contributed by atoms with E-state index in [1.807, 2.05) is 56.3 Å². The minimum atomic E-state index is -0.259. The maximum Gasteiger partial charge on any atom is 0.258 e. The van der Waals surface area contributed by atoms with Crippen molar-refractivity contribution in [2.75, 3.05) is 6.61 Å². The molecule has 0 saturated carbocycles. The normalized spacial score (nSPS) is 10.6. The molecule has 134 valence electrons. The smallest absolute Gasteiger partial charge is 0.258 e. The van der Waals surface area contributed by atoms with Crippen molar-refractivity contribution in [2.45, 2.75) is 20.4 Å². The average molecular weight is 416 g/mol. The van der Waals surface area contributed by atoms with E-state index in [1.54, 1.807) is 0 Å². The molecule has 1 amide bonds. The second kappa shape index (κ2) is 8.14. The van der Waals surface area contributed by atoms with Gasteiger partial charge in [-0.15, -0.1) is 0 Å². The van der Waals surface area contributed by atoms with E-state index in [0.29, 0.717) is 17.5 Å². The number of aromatic nitrogens is 2. The summed E-state index contributed by atoms with van der Waals surface area (Å²) in [6.45, 7) is 4.10. The number of nitrogens with one attached hydrogen (secondary N) is 1. The first-order valence-electron chi connectivity index (χ1n) is 8.06. The largest absolute Gasteiger partial charge is 0.484 e. The Morgan fingerprint density at radius 3 is 2.81 bits per heavy atom. The van der Waals surface area contributed by atoms with E-state index in [2.05, 4.69) is 31.4 Å². The van der Waals surface area contributed by atoms with Crippen molar-refractivity contribution in [3.05, 3.63) is 64.0 Å². The molecular weight excluding hydrogens is 398 g/mol. The van der Waals surface area contributed by atoms with Crippen LogP contribution >= 0.6 is 15.9 Å². The highest BCUT2D eigenvalue weighted by atomic mass is 79.9. The van der Waals surface area contributed by atoms with E-state index in [-0.39, 0.29) is 19.1 Å². The highest BCUT2D eigenvalue weighted by Crippen LogP contribution is 2.20. The Morgan fingerprint density at radius 2 is 2.04 bits per heavy atom. The fourth-order valence-corrected chi connectivity index (χ4v) is 2.65. The van der Waals surface area contributed by atoms with Gasteiger partial charge in [0.25, 0.3) is 5.91 Å². The van der Waals surface area contributed by atoms with Gasteiger partial charge in [0.2, 0.25) is 11.7 Å². The van der Waals surface area contributed by atoms with Crippen LogP contribution < -0.4 is 10.1 Å². The highest BCUT2D eigenvalue weighted by molar-refractivity contribution is 9.10. The lowest BCUT2D eigenvalue weighted by Crippen LogP contribution is -2.28. The van der Waals surface area contributed by atoms with Crippen molar-refractivity contribution in [3.8, 4) is 17.1 Å². The predicted octanol–water partition coefficient (Wildman–Crippen LogP) is 3.81. The maximum absolute atomic E-state index is 11.9. The molecule has 0 aliphatic heterocycles. The minimum Gasteiger partial charge on any atom is -0.484 e. The number of nitrogens with zero attached hydrogens (tertiary/aromatic N) is 2. The van der Waals surface area contributed by atoms with Gasteiger partial charge in [0, 0.05) is 10.0 Å². The molecule has 6 nitrogen and oxygen atoms in total. The van der Waals surface area contributed by atoms with Gasteiger partial charge in [0.05, 0.1) is 6.54 Å². The predicted molar refractivity (Wildman–Crippen MR) is 101 cm³/mol. The minimum absolute atomic E-state index is 0.0743. The number of aryl methyl sites for hydroxylation is 2. The monoisotopic (exact) mass is 415 g/mol. The Kier molecular flexibility index (Phi) is 5.68. The van der Waals surface area contributed by atoms with Crippen molar-refractivity contribution in [2.24, 2.45) is 0 Å². The van der Waals surface area contributed by atoms with E-state index >= 15 is 0 Å². The molecule has 0 aliphatic rings. The number of hydrogen-bond acceptors (Lipinski definition) is 5. The molecule has 0 spiro atoms. The molecule has 7 heteroatoms. The molecule has 2 aromatic carbocycles. The van der Waals surface area contributed by atoms with Crippen LogP contribution in [0, 0.1) is 13.8 Å². The third kappa shape index (κ3) is 4.70. The summed E-state index contributed by atoms with van der Waals surface area (Å²) in [6, 6.07) is 13.3. The molecule has 3 rings (SSSR count). The second-order valence-corrected chi connectivity index (χ2v) is 6.75. The van der Waals surface area contributed by atoms with E-state index in [0.717, 1.165) is 15.6 Å². The Hall–Kier alpha value is -2.67. The van der Waals surface area contributed by atoms with Crippen molar-refractivity contribution >= 4 is 21.8 Å². The zero-order chi connectivity index (χ0) is 18.5. The summed E-state index contributed by atoms with van der Waals surface area (Å²) in [6.07, 6.45) is 0. The lowest BCUT2D eigenvalue weighted by atomic mass is 10.1. The van der Waals surface area contributed by atoms with E-state index in [9.17, 15) is 4.79 Å². The Labute approximate surface area is 159 Å². The Morgan fingerprint density at radius 1 is 1.19 bits per heavy atom. The number of hydrogen-bond donors (Lipinski definition) is 1. The van der Waals surface area contributed by atoms with Gasteiger partial charge in [-0.25, -0.2) is 0 Å². The van der Waals surface area contributed by atoms with E-state index in [4.69, 9.17) is 9.26 Å². The lowest BCUT2D eigenvalue weighted by molar-refractivity contribution is -0.123. The summed E-state index contributed by atoms with van der Waals surface area (Å²) in [5, 5.41) is 6.63. The van der Waals surface area contributed by atoms with Crippen LogP contribution in [0.25, 0.3) is 11.4 Å². The van der Waals surface area contributed by atoms with Gasteiger partial charge in [-0.1, -0.05) is 39.3 Å². The van der Waals surface area contributed by atoms with Crippen molar-refractivity contribution in [3.63, 3.8) is 0 Å². The van der Waals surface area contributed by atoms with Crippen LogP contribution in [0.3, 0.4) is 0 Å². The summed E-state index contributed by atoms with van der Waals surface area (Å²) in [4.78, 5) is 16.2. The standard InChI is InChI=1S/C19H18BrN3O3/c1-12-6-7-16(8-13(12)2)25-11-17(24)21-10-18-22-19(23-26-18)14-4-3-5-15(20)9-14/h3-9H,10-11H2,1-2H3,(H,21,24). The first-order chi connectivity index (χ1) is 12.5. The third-order valence-corrected chi connectivity index (χ3v) is 4.33. The lowest BCUT2D eigenvalue weighted by Gasteiger charge is -2.08. The SMILES string of the molecule is Cc1ccc(OCC(=O)NCc2nc(-c3cccc(Br)c3)no2)cc1C. The van der Waals surface area contributed by atoms with Gasteiger partial charge in [0.1, 0.15) is 5.75 Å². The number of halogens is 1. The molecule has 0 bridgehead atoms. The summed E-state index contributed by atoms with van der Waals surface area (Å²) in [5.41, 5.74) is 3.13. The van der Waals surface area contributed by atoms with Gasteiger partial charge in [-0.2, -0.15) is 4.98 Å². The Bertz CT molecular complexity index is 924. The fraction of sp³-hybridized carbons (Fsp3) is 0.211. The highest BCUT2D eigenvalue weighted by Gasteiger charge is 2.10. The van der Waals surface area contributed by atoms with Crippen LogP contribution in [-0.2, 0) is 11.3 Å². The summed E-state index contributed by atoms with van der Waals surface area (Å²) in [7, 11) is 0. The molecule has 1 aromatic heterocycles. The van der Waals surface area contributed by atoms with Gasteiger partial charge in [-0.05, 0) is 49.2 Å². The zero-order valence-electron chi connectivity index (χ0n) is 14.5. The van der Waals surface area contributed by atoms with Crippen LogP contribution in [-0.4, -0.2) is 22.7 Å². The third-order valence-electron chi connectivity index (χ3n) is 3.84. The number of carbonyl (C=O) groups is 1.